The van der Waals surface area contributed by atoms with Gasteiger partial charge in [0.1, 0.15) is 5.82 Å². The number of thioether (sulfide) groups is 1. The molecule has 4 heteroatoms. The largest absolute Gasteiger partial charge is 0.354 e. The van der Waals surface area contributed by atoms with E-state index in [1.165, 1.54) is 17.1 Å². The van der Waals surface area contributed by atoms with Crippen molar-refractivity contribution in [3.63, 3.8) is 0 Å². The average molecular weight is 279 g/mol. The van der Waals surface area contributed by atoms with Crippen molar-refractivity contribution in [2.24, 2.45) is 0 Å². The average Bonchev–Trinajstić information content (AvgIpc) is 2.45. The van der Waals surface area contributed by atoms with Gasteiger partial charge in [-0.15, -0.1) is 0 Å². The molecule has 2 rings (SSSR count). The van der Waals surface area contributed by atoms with Gasteiger partial charge in [0.25, 0.3) is 0 Å². The van der Waals surface area contributed by atoms with Crippen molar-refractivity contribution >= 4 is 17.6 Å². The van der Waals surface area contributed by atoms with Crippen molar-refractivity contribution in [3.8, 4) is 0 Å². The first-order valence-corrected chi connectivity index (χ1v) is 8.32. The van der Waals surface area contributed by atoms with E-state index in [4.69, 9.17) is 0 Å². The van der Waals surface area contributed by atoms with Crippen molar-refractivity contribution < 1.29 is 0 Å². The molecule has 1 aliphatic heterocycles. The van der Waals surface area contributed by atoms with Gasteiger partial charge >= 0.3 is 0 Å². The van der Waals surface area contributed by atoms with Crippen LogP contribution < -0.4 is 10.2 Å². The van der Waals surface area contributed by atoms with Crippen LogP contribution in [-0.2, 0) is 0 Å². The van der Waals surface area contributed by atoms with Crippen LogP contribution in [0.4, 0.5) is 5.82 Å². The van der Waals surface area contributed by atoms with E-state index in [9.17, 15) is 0 Å². The van der Waals surface area contributed by atoms with Crippen molar-refractivity contribution in [2.75, 3.05) is 30.3 Å². The van der Waals surface area contributed by atoms with E-state index in [0.717, 1.165) is 26.1 Å². The fourth-order valence-corrected chi connectivity index (χ4v) is 3.51. The molecule has 0 amide bonds. The number of aromatic nitrogens is 1. The SMILES string of the molecule is CCCNC(C)c1cccnc1N1CCSC(C)C1. The van der Waals surface area contributed by atoms with Gasteiger partial charge in [-0.1, -0.05) is 19.9 Å². The van der Waals surface area contributed by atoms with Gasteiger partial charge in [-0.3, -0.25) is 0 Å². The van der Waals surface area contributed by atoms with E-state index in [2.05, 4.69) is 53.8 Å². The van der Waals surface area contributed by atoms with Crippen LogP contribution in [0.5, 0.6) is 0 Å². The second-order valence-corrected chi connectivity index (χ2v) is 6.77. The van der Waals surface area contributed by atoms with Crippen LogP contribution in [0, 0.1) is 0 Å². The van der Waals surface area contributed by atoms with Crippen molar-refractivity contribution in [1.29, 1.82) is 0 Å². The summed E-state index contributed by atoms with van der Waals surface area (Å²) in [4.78, 5) is 7.09. The summed E-state index contributed by atoms with van der Waals surface area (Å²) in [7, 11) is 0. The molecule has 0 radical (unpaired) electrons. The molecule has 2 unspecified atom stereocenters. The minimum Gasteiger partial charge on any atom is -0.354 e. The minimum absolute atomic E-state index is 0.369. The highest BCUT2D eigenvalue weighted by Crippen LogP contribution is 2.28. The fourth-order valence-electron chi connectivity index (χ4n) is 2.49. The lowest BCUT2D eigenvalue weighted by molar-refractivity contribution is 0.567. The van der Waals surface area contributed by atoms with Gasteiger partial charge in [-0.2, -0.15) is 11.8 Å². The van der Waals surface area contributed by atoms with Crippen LogP contribution >= 0.6 is 11.8 Å². The molecule has 0 aromatic carbocycles. The summed E-state index contributed by atoms with van der Waals surface area (Å²) in [6, 6.07) is 4.63. The molecule has 2 atom stereocenters. The van der Waals surface area contributed by atoms with Crippen molar-refractivity contribution in [1.82, 2.24) is 10.3 Å². The highest BCUT2D eigenvalue weighted by atomic mass is 32.2. The molecule has 3 nitrogen and oxygen atoms in total. The summed E-state index contributed by atoms with van der Waals surface area (Å²) in [5, 5.41) is 4.26. The van der Waals surface area contributed by atoms with E-state index in [-0.39, 0.29) is 0 Å². The molecule has 2 heterocycles. The molecule has 0 spiro atoms. The predicted octanol–water partition coefficient (Wildman–Crippen LogP) is 3.08. The third kappa shape index (κ3) is 3.86. The van der Waals surface area contributed by atoms with Crippen LogP contribution in [0.2, 0.25) is 0 Å². The minimum atomic E-state index is 0.369. The Hall–Kier alpha value is -0.740. The molecule has 1 saturated heterocycles. The van der Waals surface area contributed by atoms with Gasteiger partial charge in [0, 0.05) is 41.9 Å². The van der Waals surface area contributed by atoms with Crippen LogP contribution in [0.3, 0.4) is 0 Å². The summed E-state index contributed by atoms with van der Waals surface area (Å²) in [5.74, 6) is 2.37. The summed E-state index contributed by atoms with van der Waals surface area (Å²) in [6.45, 7) is 10.0. The maximum atomic E-state index is 4.64. The summed E-state index contributed by atoms with van der Waals surface area (Å²) >= 11 is 2.06. The molecule has 1 fully saturated rings. The number of nitrogens with one attached hydrogen (secondary N) is 1. The third-order valence-electron chi connectivity index (χ3n) is 3.52. The zero-order valence-corrected chi connectivity index (χ0v) is 13.0. The van der Waals surface area contributed by atoms with Gasteiger partial charge < -0.3 is 10.2 Å². The maximum absolute atomic E-state index is 4.64. The lowest BCUT2D eigenvalue weighted by Gasteiger charge is -2.33. The maximum Gasteiger partial charge on any atom is 0.133 e. The third-order valence-corrected chi connectivity index (χ3v) is 4.66. The topological polar surface area (TPSA) is 28.2 Å². The Balaban J connectivity index is 2.15. The van der Waals surface area contributed by atoms with Crippen LogP contribution in [0.15, 0.2) is 18.3 Å². The predicted molar refractivity (Wildman–Crippen MR) is 85.1 cm³/mol. The van der Waals surface area contributed by atoms with E-state index in [0.29, 0.717) is 11.3 Å². The number of rotatable bonds is 5. The van der Waals surface area contributed by atoms with Crippen molar-refractivity contribution in [3.05, 3.63) is 23.9 Å². The number of hydrogen-bond acceptors (Lipinski definition) is 4. The Morgan fingerprint density at radius 2 is 2.42 bits per heavy atom. The van der Waals surface area contributed by atoms with Gasteiger partial charge in [0.2, 0.25) is 0 Å². The second kappa shape index (κ2) is 7.15. The van der Waals surface area contributed by atoms with Gasteiger partial charge in [-0.25, -0.2) is 4.98 Å². The normalized spacial score (nSPS) is 21.4. The molecule has 0 aliphatic carbocycles. The van der Waals surface area contributed by atoms with Gasteiger partial charge in [0.05, 0.1) is 0 Å². The second-order valence-electron chi connectivity index (χ2n) is 5.22. The molecule has 1 N–H and O–H groups in total. The first-order valence-electron chi connectivity index (χ1n) is 7.27. The lowest BCUT2D eigenvalue weighted by Crippen LogP contribution is -2.38. The van der Waals surface area contributed by atoms with Gasteiger partial charge in [0.15, 0.2) is 0 Å². The molecule has 19 heavy (non-hydrogen) atoms. The Labute approximate surface area is 121 Å². The first-order chi connectivity index (χ1) is 9.22. The Kier molecular flexibility index (Phi) is 5.52. The molecule has 0 bridgehead atoms. The quantitative estimate of drug-likeness (QED) is 0.896. The van der Waals surface area contributed by atoms with Crippen LogP contribution in [0.1, 0.15) is 38.8 Å². The van der Waals surface area contributed by atoms with Gasteiger partial charge in [-0.05, 0) is 26.0 Å². The first kappa shape index (κ1) is 14.7. The highest BCUT2D eigenvalue weighted by molar-refractivity contribution is 8.00. The fraction of sp³-hybridized carbons (Fsp3) is 0.667. The molecule has 1 aromatic rings. The van der Waals surface area contributed by atoms with Crippen LogP contribution in [0.25, 0.3) is 0 Å². The monoisotopic (exact) mass is 279 g/mol. The highest BCUT2D eigenvalue weighted by Gasteiger charge is 2.21. The molecular weight excluding hydrogens is 254 g/mol. The molecule has 1 aliphatic rings. The summed E-state index contributed by atoms with van der Waals surface area (Å²) < 4.78 is 0. The number of hydrogen-bond donors (Lipinski definition) is 1. The Bertz CT molecular complexity index is 397. The molecule has 0 saturated carbocycles. The van der Waals surface area contributed by atoms with E-state index >= 15 is 0 Å². The Morgan fingerprint density at radius 3 is 3.16 bits per heavy atom. The van der Waals surface area contributed by atoms with Crippen molar-refractivity contribution in [2.45, 2.75) is 38.5 Å². The zero-order chi connectivity index (χ0) is 13.7. The molecule has 106 valence electrons. The van der Waals surface area contributed by atoms with E-state index in [1.807, 2.05) is 12.3 Å². The van der Waals surface area contributed by atoms with Crippen LogP contribution in [-0.4, -0.2) is 35.6 Å². The summed E-state index contributed by atoms with van der Waals surface area (Å²) in [5.41, 5.74) is 1.33. The number of pyridine rings is 1. The lowest BCUT2D eigenvalue weighted by atomic mass is 10.1. The number of nitrogens with zero attached hydrogens (tertiary/aromatic N) is 2. The molecule has 1 aromatic heterocycles. The summed E-state index contributed by atoms with van der Waals surface area (Å²) in [6.07, 6.45) is 3.08. The van der Waals surface area contributed by atoms with E-state index in [1.54, 1.807) is 0 Å². The molecular formula is C15H25N3S. The number of anilines is 1. The Morgan fingerprint density at radius 1 is 1.58 bits per heavy atom. The smallest absolute Gasteiger partial charge is 0.133 e. The zero-order valence-electron chi connectivity index (χ0n) is 12.2. The van der Waals surface area contributed by atoms with E-state index < -0.39 is 0 Å². The standard InChI is InChI=1S/C15H25N3S/c1-4-7-16-13(3)14-6-5-8-17-15(14)18-9-10-19-12(2)11-18/h5-6,8,12-13,16H,4,7,9-11H2,1-3H3.